The molecule has 0 bridgehead atoms. The van der Waals surface area contributed by atoms with Gasteiger partial charge in [0.15, 0.2) is 0 Å². The standard InChI is InChI=1S/C12H17FOS/c1-8(2)15-7-12(14)10-4-5-11(13)9(3)6-10/h4-6,8,12,14H,7H2,1-3H3. The van der Waals surface area contributed by atoms with Gasteiger partial charge in [-0.05, 0) is 29.4 Å². The molecule has 0 aliphatic rings. The summed E-state index contributed by atoms with van der Waals surface area (Å²) in [6.45, 7) is 5.89. The van der Waals surface area contributed by atoms with Crippen molar-refractivity contribution in [2.45, 2.75) is 32.1 Å². The van der Waals surface area contributed by atoms with Gasteiger partial charge in [0, 0.05) is 5.75 Å². The number of rotatable bonds is 4. The summed E-state index contributed by atoms with van der Waals surface area (Å²) in [5, 5.41) is 10.3. The lowest BCUT2D eigenvalue weighted by Crippen LogP contribution is -2.03. The number of benzene rings is 1. The highest BCUT2D eigenvalue weighted by atomic mass is 32.2. The fourth-order valence-corrected chi connectivity index (χ4v) is 2.01. The van der Waals surface area contributed by atoms with Crippen molar-refractivity contribution in [2.75, 3.05) is 5.75 Å². The van der Waals surface area contributed by atoms with Crippen LogP contribution in [0.4, 0.5) is 4.39 Å². The van der Waals surface area contributed by atoms with Gasteiger partial charge in [0.25, 0.3) is 0 Å². The van der Waals surface area contributed by atoms with Crippen LogP contribution in [0.5, 0.6) is 0 Å². The molecule has 1 N–H and O–H groups in total. The van der Waals surface area contributed by atoms with Crippen LogP contribution in [0.25, 0.3) is 0 Å². The molecule has 0 fully saturated rings. The van der Waals surface area contributed by atoms with Gasteiger partial charge in [-0.15, -0.1) is 0 Å². The van der Waals surface area contributed by atoms with Crippen molar-refractivity contribution in [3.05, 3.63) is 35.1 Å². The van der Waals surface area contributed by atoms with E-state index in [1.54, 1.807) is 30.8 Å². The van der Waals surface area contributed by atoms with Gasteiger partial charge >= 0.3 is 0 Å². The van der Waals surface area contributed by atoms with Gasteiger partial charge in [-0.2, -0.15) is 11.8 Å². The predicted octanol–water partition coefficient (Wildman–Crippen LogP) is 3.31. The largest absolute Gasteiger partial charge is 0.388 e. The molecule has 3 heteroatoms. The molecule has 1 nitrogen and oxygen atoms in total. The SMILES string of the molecule is Cc1cc(C(O)CSC(C)C)ccc1F. The van der Waals surface area contributed by atoms with Crippen LogP contribution < -0.4 is 0 Å². The minimum absolute atomic E-state index is 0.220. The summed E-state index contributed by atoms with van der Waals surface area (Å²) in [4.78, 5) is 0. The van der Waals surface area contributed by atoms with Gasteiger partial charge in [-0.1, -0.05) is 26.0 Å². The maximum atomic E-state index is 13.0. The highest BCUT2D eigenvalue weighted by Crippen LogP contribution is 2.22. The molecule has 0 radical (unpaired) electrons. The average molecular weight is 228 g/mol. The second-order valence-electron chi connectivity index (χ2n) is 3.91. The second kappa shape index (κ2) is 5.52. The van der Waals surface area contributed by atoms with Crippen molar-refractivity contribution >= 4 is 11.8 Å². The number of aliphatic hydroxyl groups excluding tert-OH is 1. The van der Waals surface area contributed by atoms with Crippen molar-refractivity contribution in [3.63, 3.8) is 0 Å². The van der Waals surface area contributed by atoms with Crippen LogP contribution >= 0.6 is 11.8 Å². The molecule has 0 aromatic heterocycles. The summed E-state index contributed by atoms with van der Waals surface area (Å²) < 4.78 is 13.0. The molecule has 0 saturated heterocycles. The van der Waals surface area contributed by atoms with Crippen LogP contribution in [-0.2, 0) is 0 Å². The third kappa shape index (κ3) is 3.84. The first-order chi connectivity index (χ1) is 7.00. The van der Waals surface area contributed by atoms with E-state index in [0.29, 0.717) is 16.6 Å². The van der Waals surface area contributed by atoms with Crippen molar-refractivity contribution in [2.24, 2.45) is 0 Å². The maximum Gasteiger partial charge on any atom is 0.126 e. The zero-order valence-electron chi connectivity index (χ0n) is 9.33. The molecule has 0 amide bonds. The predicted molar refractivity (Wildman–Crippen MR) is 63.7 cm³/mol. The Morgan fingerprint density at radius 1 is 1.40 bits per heavy atom. The first kappa shape index (κ1) is 12.5. The number of aryl methyl sites for hydroxylation is 1. The summed E-state index contributed by atoms with van der Waals surface area (Å²) in [5.74, 6) is 0.436. The molecule has 1 unspecified atom stereocenters. The first-order valence-electron chi connectivity index (χ1n) is 5.06. The molecule has 1 rings (SSSR count). The lowest BCUT2D eigenvalue weighted by atomic mass is 10.1. The molecule has 0 spiro atoms. The Labute approximate surface area is 94.7 Å². The van der Waals surface area contributed by atoms with Crippen LogP contribution in [0.2, 0.25) is 0 Å². The Morgan fingerprint density at radius 2 is 2.07 bits per heavy atom. The van der Waals surface area contributed by atoms with Crippen molar-refractivity contribution in [3.8, 4) is 0 Å². The second-order valence-corrected chi connectivity index (χ2v) is 5.52. The number of aliphatic hydroxyl groups is 1. The lowest BCUT2D eigenvalue weighted by molar-refractivity contribution is 0.204. The Balaban J connectivity index is 2.65. The monoisotopic (exact) mass is 228 g/mol. The zero-order chi connectivity index (χ0) is 11.4. The minimum Gasteiger partial charge on any atom is -0.388 e. The fourth-order valence-electron chi connectivity index (χ4n) is 1.25. The Kier molecular flexibility index (Phi) is 4.61. The van der Waals surface area contributed by atoms with E-state index in [1.165, 1.54) is 6.07 Å². The highest BCUT2D eigenvalue weighted by molar-refractivity contribution is 7.99. The first-order valence-corrected chi connectivity index (χ1v) is 6.11. The van der Waals surface area contributed by atoms with E-state index in [0.717, 1.165) is 5.56 Å². The van der Waals surface area contributed by atoms with Gasteiger partial charge in [-0.25, -0.2) is 4.39 Å². The van der Waals surface area contributed by atoms with Crippen molar-refractivity contribution in [1.82, 2.24) is 0 Å². The summed E-state index contributed by atoms with van der Waals surface area (Å²) >= 11 is 1.70. The van der Waals surface area contributed by atoms with E-state index in [4.69, 9.17) is 0 Å². The van der Waals surface area contributed by atoms with Gasteiger partial charge in [0.2, 0.25) is 0 Å². The van der Waals surface area contributed by atoms with Gasteiger partial charge in [0.1, 0.15) is 5.82 Å². The van der Waals surface area contributed by atoms with E-state index < -0.39 is 6.10 Å². The molecule has 84 valence electrons. The number of thioether (sulfide) groups is 1. The number of hydrogen-bond acceptors (Lipinski definition) is 2. The molecular formula is C12H17FOS. The van der Waals surface area contributed by atoms with Gasteiger partial charge in [-0.3, -0.25) is 0 Å². The Hall–Kier alpha value is -0.540. The molecule has 0 saturated carbocycles. The third-order valence-electron chi connectivity index (χ3n) is 2.15. The molecule has 1 atom stereocenters. The van der Waals surface area contributed by atoms with Crippen molar-refractivity contribution < 1.29 is 9.50 Å². The molecular weight excluding hydrogens is 211 g/mol. The van der Waals surface area contributed by atoms with E-state index in [1.807, 2.05) is 0 Å². The molecule has 15 heavy (non-hydrogen) atoms. The molecule has 0 aliphatic carbocycles. The lowest BCUT2D eigenvalue weighted by Gasteiger charge is -2.13. The quantitative estimate of drug-likeness (QED) is 0.853. The summed E-state index contributed by atoms with van der Waals surface area (Å²) in [5.41, 5.74) is 1.38. The van der Waals surface area contributed by atoms with Crippen molar-refractivity contribution in [1.29, 1.82) is 0 Å². The molecule has 0 aliphatic heterocycles. The van der Waals surface area contributed by atoms with E-state index in [2.05, 4.69) is 13.8 Å². The Bertz CT molecular complexity index is 325. The summed E-state index contributed by atoms with van der Waals surface area (Å²) in [6.07, 6.45) is -0.503. The molecule has 1 aromatic carbocycles. The van der Waals surface area contributed by atoms with E-state index in [9.17, 15) is 9.50 Å². The van der Waals surface area contributed by atoms with Crippen LogP contribution in [0, 0.1) is 12.7 Å². The fraction of sp³-hybridized carbons (Fsp3) is 0.500. The summed E-state index contributed by atoms with van der Waals surface area (Å²) in [6, 6.07) is 4.77. The van der Waals surface area contributed by atoms with Crippen LogP contribution in [0.15, 0.2) is 18.2 Å². The summed E-state index contributed by atoms with van der Waals surface area (Å²) in [7, 11) is 0. The van der Waals surface area contributed by atoms with Crippen LogP contribution in [0.3, 0.4) is 0 Å². The van der Waals surface area contributed by atoms with Gasteiger partial charge < -0.3 is 5.11 Å². The van der Waals surface area contributed by atoms with Crippen LogP contribution in [0.1, 0.15) is 31.1 Å². The van der Waals surface area contributed by atoms with Gasteiger partial charge in [0.05, 0.1) is 6.10 Å². The average Bonchev–Trinajstić information content (AvgIpc) is 2.18. The normalized spacial score (nSPS) is 13.2. The smallest absolute Gasteiger partial charge is 0.126 e. The maximum absolute atomic E-state index is 13.0. The third-order valence-corrected chi connectivity index (χ3v) is 3.33. The number of halogens is 1. The minimum atomic E-state index is -0.503. The topological polar surface area (TPSA) is 20.2 Å². The number of hydrogen-bond donors (Lipinski definition) is 1. The Morgan fingerprint density at radius 3 is 2.60 bits per heavy atom. The molecule has 1 aromatic rings. The highest BCUT2D eigenvalue weighted by Gasteiger charge is 2.10. The van der Waals surface area contributed by atoms with Crippen LogP contribution in [-0.4, -0.2) is 16.1 Å². The van der Waals surface area contributed by atoms with E-state index in [-0.39, 0.29) is 5.82 Å². The molecule has 0 heterocycles. The zero-order valence-corrected chi connectivity index (χ0v) is 10.1. The van der Waals surface area contributed by atoms with E-state index >= 15 is 0 Å².